The van der Waals surface area contributed by atoms with Gasteiger partial charge in [-0.3, -0.25) is 9.97 Å². The molecule has 0 amide bonds. The highest BCUT2D eigenvalue weighted by Crippen LogP contribution is 2.42. The molecule has 0 saturated carbocycles. The maximum absolute atomic E-state index is 4.71. The molecular formula is C30H17BrN2. The van der Waals surface area contributed by atoms with Gasteiger partial charge in [-0.05, 0) is 62.3 Å². The molecule has 2 nitrogen and oxygen atoms in total. The maximum atomic E-state index is 4.71. The van der Waals surface area contributed by atoms with Gasteiger partial charge in [-0.2, -0.15) is 0 Å². The third-order valence-electron chi connectivity index (χ3n) is 6.60. The molecule has 0 aliphatic heterocycles. The lowest BCUT2D eigenvalue weighted by Crippen LogP contribution is -1.90. The molecule has 7 rings (SSSR count). The van der Waals surface area contributed by atoms with Gasteiger partial charge in [0.1, 0.15) is 0 Å². The van der Waals surface area contributed by atoms with Gasteiger partial charge in [-0.15, -0.1) is 0 Å². The van der Waals surface area contributed by atoms with Crippen molar-refractivity contribution < 1.29 is 0 Å². The predicted octanol–water partition coefficient (Wildman–Crippen LogP) is 8.67. The third kappa shape index (κ3) is 2.73. The second kappa shape index (κ2) is 7.09. The Morgan fingerprint density at radius 3 is 2.15 bits per heavy atom. The van der Waals surface area contributed by atoms with Crippen LogP contribution < -0.4 is 0 Å². The van der Waals surface area contributed by atoms with Crippen molar-refractivity contribution in [1.82, 2.24) is 9.97 Å². The second-order valence-electron chi connectivity index (χ2n) is 8.36. The molecule has 2 heterocycles. The molecule has 0 fully saturated rings. The van der Waals surface area contributed by atoms with Crippen molar-refractivity contribution in [2.24, 2.45) is 0 Å². The molecule has 0 radical (unpaired) electrons. The van der Waals surface area contributed by atoms with Crippen molar-refractivity contribution in [3.05, 3.63) is 108 Å². The molecule has 0 unspecified atom stereocenters. The number of halogens is 1. The number of aromatic nitrogens is 2. The highest BCUT2D eigenvalue weighted by molar-refractivity contribution is 9.10. The summed E-state index contributed by atoms with van der Waals surface area (Å²) >= 11 is 3.86. The topological polar surface area (TPSA) is 25.8 Å². The van der Waals surface area contributed by atoms with E-state index in [-0.39, 0.29) is 0 Å². The van der Waals surface area contributed by atoms with Crippen LogP contribution in [-0.2, 0) is 0 Å². The molecule has 3 heteroatoms. The monoisotopic (exact) mass is 484 g/mol. The van der Waals surface area contributed by atoms with E-state index in [1.807, 2.05) is 24.5 Å². The standard InChI is InChI=1S/C30H17BrN2/c31-27-14-13-22(26-17-19-6-3-15-32-29(19)30-25(26)8-4-16-33-30)24-12-11-21-20-7-2-1-5-18(20)9-10-23(21)28(24)27/h1-17H. The van der Waals surface area contributed by atoms with E-state index in [0.717, 1.165) is 26.3 Å². The zero-order valence-electron chi connectivity index (χ0n) is 17.6. The number of fused-ring (bicyclic) bond motifs is 8. The van der Waals surface area contributed by atoms with Crippen molar-refractivity contribution in [3.8, 4) is 11.1 Å². The van der Waals surface area contributed by atoms with Gasteiger partial charge in [0, 0.05) is 33.0 Å². The SMILES string of the molecule is Brc1ccc(-c2cc3cccnc3c3ncccc23)c2ccc3c4ccccc4ccc3c12. The predicted molar refractivity (Wildman–Crippen MR) is 143 cm³/mol. The number of pyridine rings is 2. The van der Waals surface area contributed by atoms with Crippen LogP contribution >= 0.6 is 15.9 Å². The maximum Gasteiger partial charge on any atom is 0.0970 e. The van der Waals surface area contributed by atoms with Gasteiger partial charge in [-0.1, -0.05) is 82.7 Å². The van der Waals surface area contributed by atoms with Gasteiger partial charge in [0.2, 0.25) is 0 Å². The summed E-state index contributed by atoms with van der Waals surface area (Å²) in [7, 11) is 0. The van der Waals surface area contributed by atoms with Crippen molar-refractivity contribution in [2.75, 3.05) is 0 Å². The Balaban J connectivity index is 1.64. The van der Waals surface area contributed by atoms with E-state index in [1.165, 1.54) is 43.4 Å². The highest BCUT2D eigenvalue weighted by atomic mass is 79.9. The molecule has 0 aliphatic carbocycles. The molecule has 0 N–H and O–H groups in total. The average Bonchev–Trinajstić information content (AvgIpc) is 2.88. The number of benzene rings is 5. The Hall–Kier alpha value is -3.82. The first-order valence-corrected chi connectivity index (χ1v) is 11.7. The minimum absolute atomic E-state index is 0.938. The van der Waals surface area contributed by atoms with Crippen LogP contribution in [0, 0.1) is 0 Å². The van der Waals surface area contributed by atoms with Crippen LogP contribution in [0.15, 0.2) is 108 Å². The summed E-state index contributed by atoms with van der Waals surface area (Å²) in [6.07, 6.45) is 3.68. The third-order valence-corrected chi connectivity index (χ3v) is 7.26. The fraction of sp³-hybridized carbons (Fsp3) is 0. The Bertz CT molecular complexity index is 1890. The summed E-state index contributed by atoms with van der Waals surface area (Å²) in [6, 6.07) is 32.5. The molecule has 0 bridgehead atoms. The minimum atomic E-state index is 0.938. The van der Waals surface area contributed by atoms with Crippen molar-refractivity contribution >= 4 is 70.1 Å². The van der Waals surface area contributed by atoms with E-state index in [1.54, 1.807) is 0 Å². The first-order chi connectivity index (χ1) is 16.3. The lowest BCUT2D eigenvalue weighted by atomic mass is 9.90. The fourth-order valence-corrected chi connectivity index (χ4v) is 5.69. The summed E-state index contributed by atoms with van der Waals surface area (Å²) in [4.78, 5) is 9.33. The smallest absolute Gasteiger partial charge is 0.0970 e. The normalized spacial score (nSPS) is 11.8. The fourth-order valence-electron chi connectivity index (χ4n) is 5.13. The summed E-state index contributed by atoms with van der Waals surface area (Å²) in [5.74, 6) is 0. The molecule has 0 atom stereocenters. The molecule has 5 aromatic carbocycles. The zero-order chi connectivity index (χ0) is 21.9. The summed E-state index contributed by atoms with van der Waals surface area (Å²) < 4.78 is 1.10. The lowest BCUT2D eigenvalue weighted by molar-refractivity contribution is 1.37. The first-order valence-electron chi connectivity index (χ1n) is 11.0. The first kappa shape index (κ1) is 18.7. The quantitative estimate of drug-likeness (QED) is 0.218. The van der Waals surface area contributed by atoms with E-state index in [9.17, 15) is 0 Å². The lowest BCUT2D eigenvalue weighted by Gasteiger charge is -2.15. The molecule has 33 heavy (non-hydrogen) atoms. The van der Waals surface area contributed by atoms with Crippen LogP contribution in [0.3, 0.4) is 0 Å². The van der Waals surface area contributed by atoms with E-state index in [4.69, 9.17) is 4.98 Å². The molecule has 2 aromatic heterocycles. The van der Waals surface area contributed by atoms with Gasteiger partial charge in [0.25, 0.3) is 0 Å². The van der Waals surface area contributed by atoms with Gasteiger partial charge in [0.05, 0.1) is 11.0 Å². The Morgan fingerprint density at radius 1 is 0.485 bits per heavy atom. The van der Waals surface area contributed by atoms with Crippen LogP contribution in [0.25, 0.3) is 65.3 Å². The molecular weight excluding hydrogens is 468 g/mol. The number of nitrogens with zero attached hydrogens (tertiary/aromatic N) is 2. The molecule has 0 spiro atoms. The Labute approximate surface area is 198 Å². The van der Waals surface area contributed by atoms with Crippen molar-refractivity contribution in [2.45, 2.75) is 0 Å². The van der Waals surface area contributed by atoms with E-state index >= 15 is 0 Å². The van der Waals surface area contributed by atoms with Crippen LogP contribution in [0.5, 0.6) is 0 Å². The summed E-state index contributed by atoms with van der Waals surface area (Å²) in [5, 5.41) is 9.74. The van der Waals surface area contributed by atoms with Gasteiger partial charge in [-0.25, -0.2) is 0 Å². The number of rotatable bonds is 1. The van der Waals surface area contributed by atoms with Crippen molar-refractivity contribution in [1.29, 1.82) is 0 Å². The van der Waals surface area contributed by atoms with Crippen LogP contribution in [0.2, 0.25) is 0 Å². The largest absolute Gasteiger partial charge is 0.254 e. The van der Waals surface area contributed by atoms with Crippen LogP contribution in [-0.4, -0.2) is 9.97 Å². The summed E-state index contributed by atoms with van der Waals surface area (Å²) in [5.41, 5.74) is 4.26. The molecule has 0 aliphatic rings. The van der Waals surface area contributed by atoms with E-state index < -0.39 is 0 Å². The average molecular weight is 485 g/mol. The van der Waals surface area contributed by atoms with Crippen LogP contribution in [0.1, 0.15) is 0 Å². The molecule has 7 aromatic rings. The molecule has 0 saturated heterocycles. The van der Waals surface area contributed by atoms with Crippen LogP contribution in [0.4, 0.5) is 0 Å². The highest BCUT2D eigenvalue weighted by Gasteiger charge is 2.15. The van der Waals surface area contributed by atoms with E-state index in [2.05, 4.69) is 99.8 Å². The van der Waals surface area contributed by atoms with E-state index in [0.29, 0.717) is 0 Å². The number of hydrogen-bond acceptors (Lipinski definition) is 2. The second-order valence-corrected chi connectivity index (χ2v) is 9.22. The van der Waals surface area contributed by atoms with Gasteiger partial charge in [0.15, 0.2) is 0 Å². The van der Waals surface area contributed by atoms with Gasteiger partial charge >= 0.3 is 0 Å². The Kier molecular flexibility index (Phi) is 4.02. The number of hydrogen-bond donors (Lipinski definition) is 0. The zero-order valence-corrected chi connectivity index (χ0v) is 19.2. The Morgan fingerprint density at radius 2 is 1.21 bits per heavy atom. The van der Waals surface area contributed by atoms with Crippen molar-refractivity contribution in [3.63, 3.8) is 0 Å². The molecule has 154 valence electrons. The van der Waals surface area contributed by atoms with Gasteiger partial charge < -0.3 is 0 Å². The minimum Gasteiger partial charge on any atom is -0.254 e. The summed E-state index contributed by atoms with van der Waals surface area (Å²) in [6.45, 7) is 0.